The van der Waals surface area contributed by atoms with Gasteiger partial charge in [0.25, 0.3) is 0 Å². The number of aromatic nitrogens is 6. The zero-order valence-corrected chi connectivity index (χ0v) is 34.4. The highest BCUT2D eigenvalue weighted by Gasteiger charge is 2.30. The second-order valence-electron chi connectivity index (χ2n) is 15.1. The van der Waals surface area contributed by atoms with Crippen molar-refractivity contribution in [1.82, 2.24) is 40.5 Å². The Morgan fingerprint density at radius 1 is 0.810 bits per heavy atom. The summed E-state index contributed by atoms with van der Waals surface area (Å²) in [5.41, 5.74) is 7.39. The van der Waals surface area contributed by atoms with Gasteiger partial charge in [0.2, 0.25) is 11.8 Å². The maximum absolute atomic E-state index is 14.7. The lowest BCUT2D eigenvalue weighted by Gasteiger charge is -2.22. The molecule has 2 amide bonds. The minimum atomic E-state index is -3.05. The van der Waals surface area contributed by atoms with Gasteiger partial charge in [-0.1, -0.05) is 11.6 Å². The Morgan fingerprint density at radius 2 is 1.36 bits per heavy atom. The normalized spacial score (nSPS) is 17.2. The van der Waals surface area contributed by atoms with E-state index in [2.05, 4.69) is 50.8 Å². The van der Waals surface area contributed by atoms with Crippen molar-refractivity contribution in [3.8, 4) is 0 Å². The maximum atomic E-state index is 14.7. The van der Waals surface area contributed by atoms with Crippen molar-refractivity contribution in [3.63, 3.8) is 0 Å². The topological polar surface area (TPSA) is 234 Å². The number of rotatable bonds is 12. The summed E-state index contributed by atoms with van der Waals surface area (Å²) in [6.07, 6.45) is 11.7. The lowest BCUT2D eigenvalue weighted by atomic mass is 9.86. The quantitative estimate of drug-likeness (QED) is 0.0897. The number of sulfone groups is 2. The molecule has 20 heteroatoms. The first-order chi connectivity index (χ1) is 27.6. The summed E-state index contributed by atoms with van der Waals surface area (Å²) in [5, 5.41) is 10.7. The number of carbonyl (C=O) groups is 2. The van der Waals surface area contributed by atoms with E-state index in [0.29, 0.717) is 86.1 Å². The molecule has 8 rings (SSSR count). The summed E-state index contributed by atoms with van der Waals surface area (Å²) in [4.78, 5) is 52.8. The number of halogens is 2. The molecule has 0 fully saturated rings. The molecule has 16 nitrogen and oxygen atoms in total. The third-order valence-corrected chi connectivity index (χ3v) is 13.0. The van der Waals surface area contributed by atoms with Crippen LogP contribution in [0, 0.1) is 17.7 Å². The molecule has 5 aromatic rings. The van der Waals surface area contributed by atoms with Crippen LogP contribution in [0.5, 0.6) is 0 Å². The molecule has 308 valence electrons. The molecule has 1 aromatic carbocycles. The molecule has 0 saturated carbocycles. The second-order valence-corrected chi connectivity index (χ2v) is 19.9. The highest BCUT2D eigenvalue weighted by atomic mass is 35.5. The number of benzene rings is 1. The van der Waals surface area contributed by atoms with Crippen LogP contribution in [0.4, 0.5) is 15.9 Å². The van der Waals surface area contributed by atoms with E-state index in [1.807, 2.05) is 0 Å². The van der Waals surface area contributed by atoms with E-state index in [4.69, 9.17) is 11.6 Å². The number of hydrogen-bond donors (Lipinski definition) is 5. The van der Waals surface area contributed by atoms with Crippen molar-refractivity contribution >= 4 is 82.9 Å². The Labute approximate surface area is 339 Å². The van der Waals surface area contributed by atoms with Gasteiger partial charge in [-0.2, -0.15) is 0 Å². The summed E-state index contributed by atoms with van der Waals surface area (Å²) in [6, 6.07) is 3.21. The van der Waals surface area contributed by atoms with Gasteiger partial charge in [-0.3, -0.25) is 14.6 Å². The summed E-state index contributed by atoms with van der Waals surface area (Å²) in [6.45, 7) is 1.17. The second kappa shape index (κ2) is 17.1. The Morgan fingerprint density at radius 3 is 1.95 bits per heavy atom. The molecule has 0 bridgehead atoms. The minimum Gasteiger partial charge on any atom is -0.356 e. The molecule has 4 aromatic heterocycles. The molecule has 0 radical (unpaired) electrons. The van der Waals surface area contributed by atoms with Crippen molar-refractivity contribution < 1.29 is 30.8 Å². The number of nitrogens with one attached hydrogen (secondary N) is 5. The van der Waals surface area contributed by atoms with E-state index in [9.17, 15) is 30.8 Å². The number of carbonyl (C=O) groups excluding carboxylic acids is 2. The van der Waals surface area contributed by atoms with Gasteiger partial charge in [0, 0.05) is 55.0 Å². The summed E-state index contributed by atoms with van der Waals surface area (Å²) < 4.78 is 59.5. The first-order valence-electron chi connectivity index (χ1n) is 19.0. The van der Waals surface area contributed by atoms with Gasteiger partial charge in [0.1, 0.15) is 60.4 Å². The van der Waals surface area contributed by atoms with Crippen LogP contribution in [0.25, 0.3) is 22.1 Å². The van der Waals surface area contributed by atoms with Crippen LogP contribution in [0.1, 0.15) is 59.3 Å². The van der Waals surface area contributed by atoms with Crippen molar-refractivity contribution in [2.75, 3.05) is 42.4 Å². The van der Waals surface area contributed by atoms with Crippen molar-refractivity contribution in [1.29, 1.82) is 0 Å². The Bertz CT molecular complexity index is 2650. The standard InChI is InChI=1S/C23H25FN6O3S.C15H19ClN4O3S/c1-34(32,33)6-2-5-26-23(31)13-3-4-18-16(7-13)20-21(29-18)27-12-28-22(20)30-19-9-15-11-25-10-14(15)8-17(19)24;1-24(22,23)6-2-5-17-15(21)9-3-4-11-10(7-9)12-13(16)18-8-19-14(12)20-11/h8-9,11-13H,2-7,10H2,1H3,(H,26,31)(H2,27,28,29,30);8-9H,2-7H2,1H3,(H,17,21)(H,18,19,20). The average molecular weight is 855 g/mol. The number of amides is 2. The van der Waals surface area contributed by atoms with Crippen molar-refractivity contribution in [2.24, 2.45) is 16.8 Å². The first-order valence-corrected chi connectivity index (χ1v) is 23.5. The first kappa shape index (κ1) is 41.2. The maximum Gasteiger partial charge on any atom is 0.223 e. The number of hydrogen-bond acceptors (Lipinski definition) is 12. The number of H-pyrrole nitrogens is 2. The van der Waals surface area contributed by atoms with Crippen molar-refractivity contribution in [3.05, 3.63) is 69.4 Å². The third-order valence-electron chi connectivity index (χ3n) is 10.6. The Kier molecular flexibility index (Phi) is 12.1. The number of aromatic amines is 2. The van der Waals surface area contributed by atoms with Gasteiger partial charge in [0.15, 0.2) is 0 Å². The molecule has 1 aliphatic heterocycles. The van der Waals surface area contributed by atoms with Gasteiger partial charge in [-0.25, -0.2) is 41.2 Å². The molecule has 2 unspecified atom stereocenters. The summed E-state index contributed by atoms with van der Waals surface area (Å²) in [5.74, 6) is -0.311. The minimum absolute atomic E-state index is 0.0437. The van der Waals surface area contributed by atoms with Crippen molar-refractivity contribution in [2.45, 2.75) is 57.9 Å². The van der Waals surface area contributed by atoms with Crippen LogP contribution >= 0.6 is 11.6 Å². The van der Waals surface area contributed by atoms with E-state index in [-0.39, 0.29) is 41.0 Å². The number of fused-ring (bicyclic) bond motifs is 7. The summed E-state index contributed by atoms with van der Waals surface area (Å²) >= 11 is 6.18. The fraction of sp³-hybridized carbons (Fsp3) is 0.447. The SMILES string of the molecule is CS(=O)(=O)CCCNC(=O)C1CCc2[nH]c3ncnc(Cl)c3c2C1.CS(=O)(=O)CCCNC(=O)C1CCc2[nH]c3ncnc(Nc4cc5c(cc4F)CN=C5)c3c2C1. The van der Waals surface area contributed by atoms with Gasteiger partial charge in [-0.05, 0) is 85.8 Å². The Hall–Kier alpha value is -5.01. The molecule has 2 aliphatic carbocycles. The highest BCUT2D eigenvalue weighted by molar-refractivity contribution is 7.90. The molecular weight excluding hydrogens is 811 g/mol. The molecule has 5 heterocycles. The van der Waals surface area contributed by atoms with E-state index >= 15 is 0 Å². The number of anilines is 2. The fourth-order valence-corrected chi connectivity index (χ4v) is 9.30. The number of aliphatic imine (C=N–C) groups is 1. The van der Waals surface area contributed by atoms with Gasteiger partial charge in [-0.15, -0.1) is 0 Å². The van der Waals surface area contributed by atoms with E-state index < -0.39 is 19.7 Å². The molecule has 5 N–H and O–H groups in total. The van der Waals surface area contributed by atoms with Crippen LogP contribution in [-0.4, -0.2) is 102 Å². The molecule has 0 spiro atoms. The predicted molar refractivity (Wildman–Crippen MR) is 219 cm³/mol. The van der Waals surface area contributed by atoms with Crippen LogP contribution in [0.2, 0.25) is 5.15 Å². The molecular formula is C38H44ClFN10O6S2. The van der Waals surface area contributed by atoms with Gasteiger partial charge >= 0.3 is 0 Å². The molecule has 58 heavy (non-hydrogen) atoms. The molecule has 0 saturated heterocycles. The van der Waals surface area contributed by atoms with E-state index in [0.717, 1.165) is 57.3 Å². The third kappa shape index (κ3) is 9.64. The molecule has 3 aliphatic rings. The largest absolute Gasteiger partial charge is 0.356 e. The predicted octanol–water partition coefficient (Wildman–Crippen LogP) is 3.70. The molecule has 2 atom stereocenters. The Balaban J connectivity index is 0.000000188. The number of aryl methyl sites for hydroxylation is 2. The van der Waals surface area contributed by atoms with Crippen LogP contribution < -0.4 is 16.0 Å². The van der Waals surface area contributed by atoms with E-state index in [1.165, 1.54) is 31.2 Å². The average Bonchev–Trinajstić information content (AvgIpc) is 3.89. The van der Waals surface area contributed by atoms with Gasteiger partial charge in [0.05, 0.1) is 34.5 Å². The van der Waals surface area contributed by atoms with Crippen LogP contribution in [0.15, 0.2) is 29.8 Å². The fourth-order valence-electron chi connectivity index (χ4n) is 7.72. The van der Waals surface area contributed by atoms with Crippen LogP contribution in [-0.2, 0) is 61.5 Å². The number of nitrogens with zero attached hydrogens (tertiary/aromatic N) is 5. The lowest BCUT2D eigenvalue weighted by Crippen LogP contribution is -2.35. The summed E-state index contributed by atoms with van der Waals surface area (Å²) in [7, 11) is -6.04. The van der Waals surface area contributed by atoms with E-state index in [1.54, 1.807) is 12.3 Å². The zero-order chi connectivity index (χ0) is 41.2. The highest BCUT2D eigenvalue weighted by Crippen LogP contribution is 2.37. The van der Waals surface area contributed by atoms with Gasteiger partial charge < -0.3 is 25.9 Å². The smallest absolute Gasteiger partial charge is 0.223 e. The lowest BCUT2D eigenvalue weighted by molar-refractivity contribution is -0.126. The zero-order valence-electron chi connectivity index (χ0n) is 32.0. The monoisotopic (exact) mass is 854 g/mol. The van der Waals surface area contributed by atoms with Crippen LogP contribution in [0.3, 0.4) is 0 Å².